The standard InChI is InChI=1S/C24H30ClN3O2S2/c1-4-27(5-2)15-16-28(21(29)12-9-17-31-18-10-7-6-8-11-18)24-26-22-20(30-3)14-13-19(25)23(22)32-24/h6-8,10-11,13-14H,4-5,9,12,15-17H2,1-3H3. The zero-order valence-corrected chi connectivity index (χ0v) is 21.2. The van der Waals surface area contributed by atoms with Crippen LogP contribution in [0.3, 0.4) is 0 Å². The lowest BCUT2D eigenvalue weighted by atomic mass is 10.3. The lowest BCUT2D eigenvalue weighted by molar-refractivity contribution is -0.118. The second-order valence-corrected chi connectivity index (χ2v) is 9.81. The SMILES string of the molecule is CCN(CC)CCN(C(=O)CCCSc1ccccc1)c1nc2c(OC)ccc(Cl)c2s1. The van der Waals surface area contributed by atoms with Gasteiger partial charge in [-0.05, 0) is 49.5 Å². The molecule has 1 amide bonds. The number of fused-ring (bicyclic) bond motifs is 1. The molecule has 5 nitrogen and oxygen atoms in total. The number of carbonyl (C=O) groups is 1. The van der Waals surface area contributed by atoms with Gasteiger partial charge >= 0.3 is 0 Å². The van der Waals surface area contributed by atoms with Gasteiger partial charge in [-0.25, -0.2) is 4.98 Å². The van der Waals surface area contributed by atoms with Gasteiger partial charge in [-0.3, -0.25) is 9.69 Å². The number of hydrogen-bond donors (Lipinski definition) is 0. The van der Waals surface area contributed by atoms with Crippen molar-refractivity contribution in [2.75, 3.05) is 43.9 Å². The number of ether oxygens (including phenoxy) is 1. The van der Waals surface area contributed by atoms with Gasteiger partial charge in [0.2, 0.25) is 5.91 Å². The lowest BCUT2D eigenvalue weighted by Gasteiger charge is -2.24. The first-order valence-electron chi connectivity index (χ1n) is 10.9. The number of anilines is 1. The second kappa shape index (κ2) is 12.4. The topological polar surface area (TPSA) is 45.7 Å². The molecular weight excluding hydrogens is 462 g/mol. The van der Waals surface area contributed by atoms with Gasteiger partial charge in [0.05, 0.1) is 16.8 Å². The highest BCUT2D eigenvalue weighted by atomic mass is 35.5. The monoisotopic (exact) mass is 491 g/mol. The number of benzene rings is 2. The maximum atomic E-state index is 13.3. The minimum atomic E-state index is 0.0972. The molecule has 32 heavy (non-hydrogen) atoms. The highest BCUT2D eigenvalue weighted by Crippen LogP contribution is 2.39. The summed E-state index contributed by atoms with van der Waals surface area (Å²) in [7, 11) is 1.62. The van der Waals surface area contributed by atoms with E-state index in [-0.39, 0.29) is 5.91 Å². The minimum absolute atomic E-state index is 0.0972. The van der Waals surface area contributed by atoms with E-state index in [1.54, 1.807) is 18.9 Å². The van der Waals surface area contributed by atoms with Gasteiger partial charge in [0.25, 0.3) is 0 Å². The summed E-state index contributed by atoms with van der Waals surface area (Å²) in [5, 5.41) is 1.30. The van der Waals surface area contributed by atoms with E-state index in [2.05, 4.69) is 30.9 Å². The summed E-state index contributed by atoms with van der Waals surface area (Å²) in [5.41, 5.74) is 0.709. The number of likely N-dealkylation sites (N-methyl/N-ethyl adjacent to an activating group) is 1. The van der Waals surface area contributed by atoms with E-state index in [0.717, 1.165) is 36.5 Å². The molecule has 3 rings (SSSR count). The Morgan fingerprint density at radius 3 is 2.56 bits per heavy atom. The summed E-state index contributed by atoms with van der Waals surface area (Å²) < 4.78 is 6.31. The van der Waals surface area contributed by atoms with E-state index in [4.69, 9.17) is 21.3 Å². The number of thiazole rings is 1. The molecule has 0 atom stereocenters. The molecule has 3 aromatic rings. The molecule has 0 radical (unpaired) electrons. The number of rotatable bonds is 12. The van der Waals surface area contributed by atoms with Crippen LogP contribution in [0, 0.1) is 0 Å². The molecule has 1 aromatic heterocycles. The molecule has 0 saturated heterocycles. The normalized spacial score (nSPS) is 11.3. The summed E-state index contributed by atoms with van der Waals surface area (Å²) in [6.45, 7) is 7.58. The van der Waals surface area contributed by atoms with Crippen LogP contribution in [0.1, 0.15) is 26.7 Å². The largest absolute Gasteiger partial charge is 0.494 e. The maximum Gasteiger partial charge on any atom is 0.228 e. The number of amides is 1. The van der Waals surface area contributed by atoms with Crippen LogP contribution in [0.15, 0.2) is 47.4 Å². The van der Waals surface area contributed by atoms with Crippen molar-refractivity contribution in [1.82, 2.24) is 9.88 Å². The molecule has 0 aliphatic carbocycles. The molecule has 2 aromatic carbocycles. The van der Waals surface area contributed by atoms with E-state index >= 15 is 0 Å². The molecule has 1 heterocycles. The molecule has 0 bridgehead atoms. The van der Waals surface area contributed by atoms with Crippen molar-refractivity contribution in [3.63, 3.8) is 0 Å². The molecule has 0 aliphatic rings. The summed E-state index contributed by atoms with van der Waals surface area (Å²) in [6, 6.07) is 13.9. The Bertz CT molecular complexity index is 1010. The Hall–Kier alpha value is -1.80. The molecule has 0 fully saturated rings. The van der Waals surface area contributed by atoms with Crippen LogP contribution in [0.5, 0.6) is 5.75 Å². The van der Waals surface area contributed by atoms with E-state index in [0.29, 0.717) is 34.4 Å². The first-order chi connectivity index (χ1) is 15.6. The van der Waals surface area contributed by atoms with Crippen molar-refractivity contribution < 1.29 is 9.53 Å². The summed E-state index contributed by atoms with van der Waals surface area (Å²) >= 11 is 9.65. The molecule has 0 saturated carbocycles. The Kier molecular flexibility index (Phi) is 9.66. The van der Waals surface area contributed by atoms with Crippen molar-refractivity contribution in [2.24, 2.45) is 0 Å². The number of hydrogen-bond acceptors (Lipinski definition) is 6. The van der Waals surface area contributed by atoms with Gasteiger partial charge in [-0.2, -0.15) is 0 Å². The smallest absolute Gasteiger partial charge is 0.228 e. The number of nitrogens with zero attached hydrogens (tertiary/aromatic N) is 3. The Balaban J connectivity index is 1.74. The van der Waals surface area contributed by atoms with Crippen molar-refractivity contribution >= 4 is 56.0 Å². The fraction of sp³-hybridized carbons (Fsp3) is 0.417. The van der Waals surface area contributed by atoms with Gasteiger partial charge in [0.15, 0.2) is 5.13 Å². The Morgan fingerprint density at radius 1 is 1.12 bits per heavy atom. The summed E-state index contributed by atoms with van der Waals surface area (Å²) in [5.74, 6) is 1.67. The predicted octanol–water partition coefficient (Wildman–Crippen LogP) is 6.21. The van der Waals surface area contributed by atoms with Gasteiger partial charge < -0.3 is 9.64 Å². The number of aromatic nitrogens is 1. The van der Waals surface area contributed by atoms with E-state index < -0.39 is 0 Å². The molecule has 0 spiro atoms. The summed E-state index contributed by atoms with van der Waals surface area (Å²) in [4.78, 5) is 23.4. The number of thioether (sulfide) groups is 1. The van der Waals surface area contributed by atoms with Crippen LogP contribution >= 0.6 is 34.7 Å². The third-order valence-corrected chi connectivity index (χ3v) is 7.92. The van der Waals surface area contributed by atoms with Crippen LogP contribution in [0.4, 0.5) is 5.13 Å². The van der Waals surface area contributed by atoms with Crippen LogP contribution in [0.25, 0.3) is 10.2 Å². The Labute approximate surface area is 203 Å². The number of carbonyl (C=O) groups excluding carboxylic acids is 1. The van der Waals surface area contributed by atoms with Crippen LogP contribution < -0.4 is 9.64 Å². The van der Waals surface area contributed by atoms with Gasteiger partial charge in [-0.1, -0.05) is 55.0 Å². The molecule has 172 valence electrons. The lowest BCUT2D eigenvalue weighted by Crippen LogP contribution is -2.38. The van der Waals surface area contributed by atoms with Gasteiger partial charge in [0.1, 0.15) is 11.3 Å². The van der Waals surface area contributed by atoms with E-state index in [1.165, 1.54) is 16.2 Å². The maximum absolute atomic E-state index is 13.3. The van der Waals surface area contributed by atoms with E-state index in [9.17, 15) is 4.79 Å². The summed E-state index contributed by atoms with van der Waals surface area (Å²) in [6.07, 6.45) is 1.30. The molecule has 0 N–H and O–H groups in total. The average Bonchev–Trinajstić information content (AvgIpc) is 3.26. The van der Waals surface area contributed by atoms with Crippen LogP contribution in [0.2, 0.25) is 5.02 Å². The van der Waals surface area contributed by atoms with Crippen molar-refractivity contribution in [3.8, 4) is 5.75 Å². The fourth-order valence-electron chi connectivity index (χ4n) is 3.39. The average molecular weight is 492 g/mol. The molecule has 8 heteroatoms. The van der Waals surface area contributed by atoms with Gasteiger partial charge in [-0.15, -0.1) is 11.8 Å². The van der Waals surface area contributed by atoms with Gasteiger partial charge in [0, 0.05) is 24.4 Å². The van der Waals surface area contributed by atoms with Crippen LogP contribution in [-0.4, -0.2) is 54.8 Å². The number of halogens is 1. The number of methoxy groups -OCH3 is 1. The molecule has 0 aliphatic heterocycles. The quantitative estimate of drug-likeness (QED) is 0.223. The van der Waals surface area contributed by atoms with Crippen molar-refractivity contribution in [3.05, 3.63) is 47.5 Å². The Morgan fingerprint density at radius 2 is 1.88 bits per heavy atom. The highest BCUT2D eigenvalue weighted by Gasteiger charge is 2.22. The zero-order chi connectivity index (χ0) is 22.9. The highest BCUT2D eigenvalue weighted by molar-refractivity contribution is 7.99. The fourth-order valence-corrected chi connectivity index (χ4v) is 5.57. The van der Waals surface area contributed by atoms with Crippen molar-refractivity contribution in [2.45, 2.75) is 31.6 Å². The third-order valence-electron chi connectivity index (χ3n) is 5.28. The minimum Gasteiger partial charge on any atom is -0.494 e. The zero-order valence-electron chi connectivity index (χ0n) is 18.8. The second-order valence-electron chi connectivity index (χ2n) is 7.26. The van der Waals surface area contributed by atoms with E-state index in [1.807, 2.05) is 35.2 Å². The molecular formula is C24H30ClN3O2S2. The first-order valence-corrected chi connectivity index (χ1v) is 13.1. The predicted molar refractivity (Wildman–Crippen MR) is 138 cm³/mol. The van der Waals surface area contributed by atoms with Crippen molar-refractivity contribution in [1.29, 1.82) is 0 Å². The first kappa shape index (κ1) is 24.8. The van der Waals surface area contributed by atoms with Crippen LogP contribution in [-0.2, 0) is 4.79 Å². The molecule has 0 unspecified atom stereocenters. The third kappa shape index (κ3) is 6.38.